The number of carboxylic acid groups (broad SMARTS) is 1. The Hall–Kier alpha value is -1.62. The summed E-state index contributed by atoms with van der Waals surface area (Å²) < 4.78 is 4.47. The third kappa shape index (κ3) is 25.7. The summed E-state index contributed by atoms with van der Waals surface area (Å²) in [5.74, 6) is 1.10. The minimum Gasteiger partial charge on any atom is -0.463 e. The van der Waals surface area contributed by atoms with Crippen molar-refractivity contribution in [1.29, 1.82) is 0 Å². The summed E-state index contributed by atoms with van der Waals surface area (Å²) in [6, 6.07) is 0. The molecule has 138 valence electrons. The number of rotatable bonds is 10. The van der Waals surface area contributed by atoms with Crippen molar-refractivity contribution in [3.8, 4) is 0 Å². The summed E-state index contributed by atoms with van der Waals surface area (Å²) in [5.41, 5.74) is 3.04. The van der Waals surface area contributed by atoms with Crippen LogP contribution in [0.5, 0.6) is 0 Å². The Bertz CT molecular complexity index is 290. The van der Waals surface area contributed by atoms with E-state index in [0.29, 0.717) is 31.5 Å². The van der Waals surface area contributed by atoms with Crippen LogP contribution in [0.4, 0.5) is 9.59 Å². The van der Waals surface area contributed by atoms with Gasteiger partial charge in [-0.25, -0.2) is 19.4 Å². The number of hydrogen-bond acceptors (Lipinski definition) is 7. The van der Waals surface area contributed by atoms with Crippen molar-refractivity contribution in [1.82, 2.24) is 11.0 Å². The molecular weight excluding hydrogens is 312 g/mol. The molecule has 0 aliphatic carbocycles. The van der Waals surface area contributed by atoms with Crippen LogP contribution in [0.3, 0.4) is 0 Å². The maximum atomic E-state index is 10.5. The van der Waals surface area contributed by atoms with E-state index in [1.54, 1.807) is 5.48 Å². The Labute approximate surface area is 136 Å². The molecule has 0 aromatic rings. The third-order valence-electron chi connectivity index (χ3n) is 1.62. The van der Waals surface area contributed by atoms with Crippen molar-refractivity contribution in [3.05, 3.63) is 0 Å². The van der Waals surface area contributed by atoms with Gasteiger partial charge < -0.3 is 9.84 Å². The molecule has 10 nitrogen and oxygen atoms in total. The quantitative estimate of drug-likeness (QED) is 0.314. The number of carbonyl (C=O) groups is 2. The number of carbonyl (C=O) groups excluding carboxylic acids is 1. The van der Waals surface area contributed by atoms with Gasteiger partial charge in [-0.3, -0.25) is 0 Å². The molecule has 0 spiro atoms. The van der Waals surface area contributed by atoms with E-state index in [2.05, 4.69) is 42.4 Å². The van der Waals surface area contributed by atoms with Crippen molar-refractivity contribution in [3.63, 3.8) is 0 Å². The van der Waals surface area contributed by atoms with Crippen LogP contribution < -0.4 is 11.0 Å². The summed E-state index contributed by atoms with van der Waals surface area (Å²) in [6.45, 7) is 11.8. The molecule has 0 aromatic heterocycles. The van der Waals surface area contributed by atoms with Crippen LogP contribution in [-0.2, 0) is 24.5 Å². The van der Waals surface area contributed by atoms with Crippen molar-refractivity contribution in [2.45, 2.75) is 41.0 Å². The average molecular weight is 340 g/mol. The lowest BCUT2D eigenvalue weighted by molar-refractivity contribution is -0.356. The van der Waals surface area contributed by atoms with Gasteiger partial charge in [0.25, 0.3) is 0 Å². The standard InChI is InChI=1S/C8H18O2.C5H10N2O6/c1-7(2)5-9-10-6-8(3)4;1-2-3-11-5(10)7-13-12-6-4(8)9/h7-8H,5-6H2,1-4H3;6H,2-3H2,1H3,(H,7,10)(H,8,9). The van der Waals surface area contributed by atoms with Gasteiger partial charge in [0.2, 0.25) is 0 Å². The predicted octanol–water partition coefficient (Wildman–Crippen LogP) is 2.42. The van der Waals surface area contributed by atoms with Crippen LogP contribution >= 0.6 is 0 Å². The van der Waals surface area contributed by atoms with E-state index in [9.17, 15) is 9.59 Å². The van der Waals surface area contributed by atoms with E-state index in [-0.39, 0.29) is 6.61 Å². The van der Waals surface area contributed by atoms with E-state index in [1.807, 2.05) is 6.92 Å². The number of ether oxygens (including phenoxy) is 1. The summed E-state index contributed by atoms with van der Waals surface area (Å²) in [7, 11) is 0. The molecule has 0 aromatic carbocycles. The minimum absolute atomic E-state index is 0.238. The molecule has 0 heterocycles. The summed E-state index contributed by atoms with van der Waals surface area (Å²) in [5, 5.41) is 7.96. The SMILES string of the molecule is CC(C)COOCC(C)C.CCCOC(=O)NOONC(=O)O. The van der Waals surface area contributed by atoms with Gasteiger partial charge in [0, 0.05) is 0 Å². The molecule has 10 heteroatoms. The highest BCUT2D eigenvalue weighted by atomic mass is 17.3. The van der Waals surface area contributed by atoms with Gasteiger partial charge >= 0.3 is 12.2 Å². The molecule has 0 saturated heterocycles. The first-order chi connectivity index (χ1) is 10.8. The summed E-state index contributed by atoms with van der Waals surface area (Å²) in [6.07, 6.45) is -1.65. The largest absolute Gasteiger partial charge is 0.463 e. The van der Waals surface area contributed by atoms with E-state index >= 15 is 0 Å². The summed E-state index contributed by atoms with van der Waals surface area (Å²) >= 11 is 0. The molecule has 0 aliphatic rings. The molecule has 0 unspecified atom stereocenters. The Morgan fingerprint density at radius 1 is 0.957 bits per heavy atom. The highest BCUT2D eigenvalue weighted by molar-refractivity contribution is 5.65. The lowest BCUT2D eigenvalue weighted by atomic mass is 10.2. The highest BCUT2D eigenvalue weighted by Gasteiger charge is 2.01. The van der Waals surface area contributed by atoms with Crippen molar-refractivity contribution in [2.24, 2.45) is 11.8 Å². The second-order valence-corrected chi connectivity index (χ2v) is 5.17. The second kappa shape index (κ2) is 16.7. The van der Waals surface area contributed by atoms with Gasteiger partial charge in [0.05, 0.1) is 19.8 Å². The van der Waals surface area contributed by atoms with Gasteiger partial charge in [-0.15, -0.1) is 0 Å². The molecule has 0 fully saturated rings. The third-order valence-corrected chi connectivity index (χ3v) is 1.62. The Morgan fingerprint density at radius 2 is 1.43 bits per heavy atom. The van der Waals surface area contributed by atoms with Gasteiger partial charge in [-0.2, -0.15) is 11.0 Å². The maximum Gasteiger partial charge on any atom is 0.433 e. The number of hydrogen-bond donors (Lipinski definition) is 3. The highest BCUT2D eigenvalue weighted by Crippen LogP contribution is 1.96. The lowest BCUT2D eigenvalue weighted by Crippen LogP contribution is -2.30. The smallest absolute Gasteiger partial charge is 0.433 e. The van der Waals surface area contributed by atoms with E-state index in [0.717, 1.165) is 0 Å². The molecule has 0 rings (SSSR count). The molecule has 0 radical (unpaired) electrons. The molecule has 0 bridgehead atoms. The maximum absolute atomic E-state index is 10.5. The molecule has 0 saturated carbocycles. The Balaban J connectivity index is 0. The molecule has 0 atom stereocenters. The zero-order valence-corrected chi connectivity index (χ0v) is 14.3. The van der Waals surface area contributed by atoms with Crippen molar-refractivity contribution >= 4 is 12.2 Å². The van der Waals surface area contributed by atoms with Gasteiger partial charge in [-0.05, 0) is 18.3 Å². The van der Waals surface area contributed by atoms with Crippen LogP contribution in [-0.4, -0.2) is 37.1 Å². The van der Waals surface area contributed by atoms with Crippen LogP contribution in [0.1, 0.15) is 41.0 Å². The van der Waals surface area contributed by atoms with E-state index in [1.165, 1.54) is 5.48 Å². The van der Waals surface area contributed by atoms with Crippen LogP contribution in [0.15, 0.2) is 0 Å². The van der Waals surface area contributed by atoms with Gasteiger partial charge in [-0.1, -0.05) is 44.6 Å². The zero-order valence-electron chi connectivity index (χ0n) is 14.3. The first-order valence-electron chi connectivity index (χ1n) is 7.28. The van der Waals surface area contributed by atoms with E-state index < -0.39 is 12.2 Å². The Kier molecular flexibility index (Phi) is 17.2. The lowest BCUT2D eigenvalue weighted by Gasteiger charge is -2.07. The van der Waals surface area contributed by atoms with Crippen LogP contribution in [0, 0.1) is 11.8 Å². The van der Waals surface area contributed by atoms with Gasteiger partial charge in [0.15, 0.2) is 0 Å². The Morgan fingerprint density at radius 3 is 1.83 bits per heavy atom. The molecule has 2 amide bonds. The average Bonchev–Trinajstić information content (AvgIpc) is 2.46. The molecule has 3 N–H and O–H groups in total. The molecule has 23 heavy (non-hydrogen) atoms. The predicted molar refractivity (Wildman–Crippen MR) is 79.7 cm³/mol. The van der Waals surface area contributed by atoms with Crippen molar-refractivity contribution < 1.29 is 39.2 Å². The number of amides is 2. The molecule has 0 aliphatic heterocycles. The van der Waals surface area contributed by atoms with E-state index in [4.69, 9.17) is 14.9 Å². The summed E-state index contributed by atoms with van der Waals surface area (Å²) in [4.78, 5) is 37.8. The van der Waals surface area contributed by atoms with Gasteiger partial charge in [0.1, 0.15) is 0 Å². The fourth-order valence-corrected chi connectivity index (χ4v) is 0.704. The monoisotopic (exact) mass is 340 g/mol. The minimum atomic E-state index is -1.45. The topological polar surface area (TPSA) is 125 Å². The second-order valence-electron chi connectivity index (χ2n) is 5.17. The zero-order chi connectivity index (χ0) is 18.1. The van der Waals surface area contributed by atoms with Crippen LogP contribution in [0.25, 0.3) is 0 Å². The fourth-order valence-electron chi connectivity index (χ4n) is 0.704. The number of hydroxylamine groups is 2. The molecular formula is C13H28N2O8. The normalized spacial score (nSPS) is 10.0. The first-order valence-corrected chi connectivity index (χ1v) is 7.28. The van der Waals surface area contributed by atoms with Crippen molar-refractivity contribution in [2.75, 3.05) is 19.8 Å². The number of nitrogens with one attached hydrogen (secondary N) is 2. The van der Waals surface area contributed by atoms with Crippen LogP contribution in [0.2, 0.25) is 0 Å². The first kappa shape index (κ1) is 23.6. The fraction of sp³-hybridized carbons (Fsp3) is 0.846.